The standard InChI is InChI=1S/C19H19N3O3/c1-2-24-17-9-6-11(10-15(17)20)19-21-18(22-25-19)14-5-3-4-13-12(14)7-8-16(13)23/h3-6,9-10,16,23H,2,7-8,20H2,1H3/t16-/m1/s1. The summed E-state index contributed by atoms with van der Waals surface area (Å²) in [6, 6.07) is 11.2. The van der Waals surface area contributed by atoms with Gasteiger partial charge in [-0.2, -0.15) is 4.98 Å². The average molecular weight is 337 g/mol. The fourth-order valence-corrected chi connectivity index (χ4v) is 3.26. The highest BCUT2D eigenvalue weighted by atomic mass is 16.5. The van der Waals surface area contributed by atoms with Crippen molar-refractivity contribution in [2.45, 2.75) is 25.9 Å². The van der Waals surface area contributed by atoms with Gasteiger partial charge >= 0.3 is 0 Å². The zero-order chi connectivity index (χ0) is 17.4. The minimum atomic E-state index is -0.410. The van der Waals surface area contributed by atoms with Gasteiger partial charge in [0.15, 0.2) is 0 Å². The minimum Gasteiger partial charge on any atom is -0.492 e. The Labute approximate surface area is 145 Å². The first kappa shape index (κ1) is 15.7. The number of benzene rings is 2. The Morgan fingerprint density at radius 2 is 2.20 bits per heavy atom. The monoisotopic (exact) mass is 337 g/mol. The molecule has 0 radical (unpaired) electrons. The topological polar surface area (TPSA) is 94.4 Å². The van der Waals surface area contributed by atoms with Crippen molar-refractivity contribution in [3.8, 4) is 28.6 Å². The van der Waals surface area contributed by atoms with Crippen LogP contribution in [0.15, 0.2) is 40.9 Å². The van der Waals surface area contributed by atoms with Crippen LogP contribution in [0.3, 0.4) is 0 Å². The number of nitrogen functional groups attached to an aromatic ring is 1. The van der Waals surface area contributed by atoms with Crippen molar-refractivity contribution in [2.75, 3.05) is 12.3 Å². The summed E-state index contributed by atoms with van der Waals surface area (Å²) in [5.74, 6) is 1.56. The number of hydrogen-bond acceptors (Lipinski definition) is 6. The average Bonchev–Trinajstić information content (AvgIpc) is 3.24. The van der Waals surface area contributed by atoms with E-state index >= 15 is 0 Å². The van der Waals surface area contributed by atoms with Crippen LogP contribution in [-0.2, 0) is 6.42 Å². The van der Waals surface area contributed by atoms with Gasteiger partial charge in [-0.15, -0.1) is 0 Å². The molecule has 1 aromatic heterocycles. The highest BCUT2D eigenvalue weighted by molar-refractivity contribution is 5.68. The summed E-state index contributed by atoms with van der Waals surface area (Å²) < 4.78 is 10.9. The van der Waals surface area contributed by atoms with Crippen molar-refractivity contribution in [1.29, 1.82) is 0 Å². The molecule has 0 unspecified atom stereocenters. The zero-order valence-electron chi connectivity index (χ0n) is 13.9. The van der Waals surface area contributed by atoms with Gasteiger partial charge in [0, 0.05) is 11.1 Å². The molecule has 3 aromatic rings. The van der Waals surface area contributed by atoms with Crippen LogP contribution < -0.4 is 10.5 Å². The molecule has 6 nitrogen and oxygen atoms in total. The molecule has 0 saturated carbocycles. The van der Waals surface area contributed by atoms with E-state index in [2.05, 4.69) is 10.1 Å². The first-order chi connectivity index (χ1) is 12.2. The van der Waals surface area contributed by atoms with Crippen LogP contribution in [0.1, 0.15) is 30.6 Å². The van der Waals surface area contributed by atoms with E-state index in [1.165, 1.54) is 0 Å². The van der Waals surface area contributed by atoms with Gasteiger partial charge in [-0.3, -0.25) is 0 Å². The van der Waals surface area contributed by atoms with Gasteiger partial charge in [-0.25, -0.2) is 0 Å². The van der Waals surface area contributed by atoms with E-state index in [-0.39, 0.29) is 0 Å². The van der Waals surface area contributed by atoms with Gasteiger partial charge < -0.3 is 20.1 Å². The van der Waals surface area contributed by atoms with Crippen molar-refractivity contribution in [3.63, 3.8) is 0 Å². The van der Waals surface area contributed by atoms with Crippen LogP contribution in [-0.4, -0.2) is 21.9 Å². The summed E-state index contributed by atoms with van der Waals surface area (Å²) >= 11 is 0. The molecule has 0 spiro atoms. The summed E-state index contributed by atoms with van der Waals surface area (Å²) in [6.45, 7) is 2.46. The maximum Gasteiger partial charge on any atom is 0.258 e. The number of rotatable bonds is 4. The maximum absolute atomic E-state index is 10.0. The summed E-state index contributed by atoms with van der Waals surface area (Å²) in [5.41, 5.74) is 10.2. The van der Waals surface area contributed by atoms with Crippen molar-refractivity contribution in [3.05, 3.63) is 47.5 Å². The minimum absolute atomic E-state index is 0.404. The third-order valence-electron chi connectivity index (χ3n) is 4.46. The normalized spacial score (nSPS) is 16.0. The number of aromatic nitrogens is 2. The Morgan fingerprint density at radius 1 is 1.32 bits per heavy atom. The molecule has 0 saturated heterocycles. The number of aliphatic hydroxyl groups is 1. The largest absolute Gasteiger partial charge is 0.492 e. The lowest BCUT2D eigenvalue weighted by Gasteiger charge is -2.07. The second-order valence-electron chi connectivity index (χ2n) is 6.04. The molecular weight excluding hydrogens is 318 g/mol. The molecule has 1 aliphatic rings. The first-order valence-electron chi connectivity index (χ1n) is 8.34. The number of anilines is 1. The quantitative estimate of drug-likeness (QED) is 0.709. The molecule has 128 valence electrons. The SMILES string of the molecule is CCOc1ccc(-c2nc(-c3cccc4c3CC[C@H]4O)no2)cc1N. The second-order valence-corrected chi connectivity index (χ2v) is 6.04. The van der Waals surface area contributed by atoms with Gasteiger partial charge in [-0.1, -0.05) is 23.4 Å². The predicted molar refractivity (Wildman–Crippen MR) is 94.0 cm³/mol. The molecule has 0 amide bonds. The van der Waals surface area contributed by atoms with Gasteiger partial charge in [-0.05, 0) is 49.1 Å². The van der Waals surface area contributed by atoms with E-state index < -0.39 is 6.10 Å². The molecule has 0 aliphatic heterocycles. The van der Waals surface area contributed by atoms with Crippen LogP contribution in [0, 0.1) is 0 Å². The van der Waals surface area contributed by atoms with Crippen molar-refractivity contribution in [2.24, 2.45) is 0 Å². The van der Waals surface area contributed by atoms with E-state index in [0.29, 0.717) is 29.8 Å². The molecule has 3 N–H and O–H groups in total. The molecule has 0 bridgehead atoms. The van der Waals surface area contributed by atoms with Gasteiger partial charge in [0.1, 0.15) is 5.75 Å². The number of nitrogens with zero attached hydrogens (tertiary/aromatic N) is 2. The number of aliphatic hydroxyl groups excluding tert-OH is 1. The van der Waals surface area contributed by atoms with E-state index in [1.54, 1.807) is 12.1 Å². The molecule has 4 rings (SSSR count). The smallest absolute Gasteiger partial charge is 0.258 e. The van der Waals surface area contributed by atoms with E-state index in [9.17, 15) is 5.11 Å². The van der Waals surface area contributed by atoms with Gasteiger partial charge in [0.25, 0.3) is 5.89 Å². The van der Waals surface area contributed by atoms with Gasteiger partial charge in [0.05, 0.1) is 18.4 Å². The van der Waals surface area contributed by atoms with E-state index in [0.717, 1.165) is 35.1 Å². The fourth-order valence-electron chi connectivity index (χ4n) is 3.26. The summed E-state index contributed by atoms with van der Waals surface area (Å²) in [5, 5.41) is 14.2. The molecule has 1 atom stereocenters. The summed E-state index contributed by atoms with van der Waals surface area (Å²) in [4.78, 5) is 4.51. The third-order valence-corrected chi connectivity index (χ3v) is 4.46. The Morgan fingerprint density at radius 3 is 3.00 bits per heavy atom. The first-order valence-corrected chi connectivity index (χ1v) is 8.34. The maximum atomic E-state index is 10.0. The number of hydrogen-bond donors (Lipinski definition) is 2. The van der Waals surface area contributed by atoms with Crippen molar-refractivity contribution in [1.82, 2.24) is 10.1 Å². The molecule has 1 aliphatic carbocycles. The highest BCUT2D eigenvalue weighted by Crippen LogP contribution is 2.37. The Balaban J connectivity index is 1.69. The fraction of sp³-hybridized carbons (Fsp3) is 0.263. The predicted octanol–water partition coefficient (Wildman–Crippen LogP) is 3.36. The highest BCUT2D eigenvalue weighted by Gasteiger charge is 2.25. The molecule has 2 aromatic carbocycles. The van der Waals surface area contributed by atoms with E-state index in [4.69, 9.17) is 15.0 Å². The number of fused-ring (bicyclic) bond motifs is 1. The molecule has 6 heteroatoms. The van der Waals surface area contributed by atoms with Crippen molar-refractivity contribution >= 4 is 5.69 Å². The lowest BCUT2D eigenvalue weighted by molar-refractivity contribution is 0.180. The lowest BCUT2D eigenvalue weighted by atomic mass is 10.0. The molecular formula is C19H19N3O3. The molecule has 0 fully saturated rings. The van der Waals surface area contributed by atoms with Gasteiger partial charge in [0.2, 0.25) is 5.82 Å². The van der Waals surface area contributed by atoms with E-state index in [1.807, 2.05) is 31.2 Å². The second kappa shape index (κ2) is 6.22. The van der Waals surface area contributed by atoms with Crippen LogP contribution in [0.4, 0.5) is 5.69 Å². The Bertz CT molecular complexity index is 920. The Kier molecular flexibility index (Phi) is 3.89. The third kappa shape index (κ3) is 2.74. The summed E-state index contributed by atoms with van der Waals surface area (Å²) in [6.07, 6.45) is 1.13. The van der Waals surface area contributed by atoms with Crippen LogP contribution in [0.5, 0.6) is 5.75 Å². The summed E-state index contributed by atoms with van der Waals surface area (Å²) in [7, 11) is 0. The Hall–Kier alpha value is -2.86. The van der Waals surface area contributed by atoms with Crippen LogP contribution in [0.2, 0.25) is 0 Å². The number of ether oxygens (including phenoxy) is 1. The zero-order valence-corrected chi connectivity index (χ0v) is 13.9. The molecule has 1 heterocycles. The lowest BCUT2D eigenvalue weighted by Crippen LogP contribution is -1.97. The molecule has 25 heavy (non-hydrogen) atoms. The van der Waals surface area contributed by atoms with Crippen LogP contribution in [0.25, 0.3) is 22.8 Å². The van der Waals surface area contributed by atoms with Crippen LogP contribution >= 0.6 is 0 Å². The number of nitrogens with two attached hydrogens (primary N) is 1. The van der Waals surface area contributed by atoms with Crippen molar-refractivity contribution < 1.29 is 14.4 Å².